The van der Waals surface area contributed by atoms with Crippen molar-refractivity contribution in [3.05, 3.63) is 63.4 Å². The Hall–Kier alpha value is -1.32. The van der Waals surface area contributed by atoms with E-state index in [1.165, 1.54) is 21.2 Å². The summed E-state index contributed by atoms with van der Waals surface area (Å²) in [5.41, 5.74) is 3.77. The second-order valence-electron chi connectivity index (χ2n) is 4.59. The van der Waals surface area contributed by atoms with Gasteiger partial charge in [0.2, 0.25) is 0 Å². The van der Waals surface area contributed by atoms with Crippen molar-refractivity contribution in [1.29, 1.82) is 0 Å². The van der Waals surface area contributed by atoms with Crippen LogP contribution in [-0.2, 0) is 6.54 Å². The number of halogens is 1. The number of fused-ring (bicyclic) bond motifs is 1. The molecular weight excluding hydrogens is 318 g/mol. The summed E-state index contributed by atoms with van der Waals surface area (Å²) in [4.78, 5) is 0. The molecule has 3 heteroatoms. The Balaban J connectivity index is 1.84. The third-order valence-corrected chi connectivity index (χ3v) is 4.86. The molecule has 19 heavy (non-hydrogen) atoms. The van der Waals surface area contributed by atoms with Crippen LogP contribution >= 0.6 is 27.3 Å². The van der Waals surface area contributed by atoms with E-state index in [0.717, 1.165) is 16.7 Å². The van der Waals surface area contributed by atoms with Gasteiger partial charge in [0.15, 0.2) is 0 Å². The molecular formula is C16H14BrNS. The zero-order valence-corrected chi connectivity index (χ0v) is 13.0. The van der Waals surface area contributed by atoms with Crippen molar-refractivity contribution in [2.24, 2.45) is 0 Å². The smallest absolute Gasteiger partial charge is 0.0489 e. The molecule has 0 saturated carbocycles. The third kappa shape index (κ3) is 2.67. The highest BCUT2D eigenvalue weighted by Gasteiger charge is 2.04. The highest BCUT2D eigenvalue weighted by atomic mass is 79.9. The standard InChI is InChI=1S/C16H14BrNS/c1-11-6-7-14(17)15(8-11)18-9-12-10-19-16-5-3-2-4-13(12)16/h2-8,10,18H,9H2,1H3. The molecule has 0 bridgehead atoms. The van der Waals surface area contributed by atoms with Gasteiger partial charge in [-0.05, 0) is 62.9 Å². The van der Waals surface area contributed by atoms with Gasteiger partial charge in [-0.2, -0.15) is 0 Å². The maximum Gasteiger partial charge on any atom is 0.0489 e. The molecule has 0 unspecified atom stereocenters. The van der Waals surface area contributed by atoms with Crippen molar-refractivity contribution < 1.29 is 0 Å². The SMILES string of the molecule is Cc1ccc(Br)c(NCc2csc3ccccc23)c1. The molecule has 0 fully saturated rings. The number of benzene rings is 2. The quantitative estimate of drug-likeness (QED) is 0.660. The first kappa shape index (κ1) is 12.7. The molecule has 0 aliphatic rings. The van der Waals surface area contributed by atoms with Crippen LogP contribution in [0.15, 0.2) is 52.3 Å². The molecule has 0 spiro atoms. The topological polar surface area (TPSA) is 12.0 Å². The molecule has 1 aromatic heterocycles. The number of aryl methyl sites for hydroxylation is 1. The van der Waals surface area contributed by atoms with Crippen molar-refractivity contribution in [3.8, 4) is 0 Å². The van der Waals surface area contributed by atoms with Crippen LogP contribution in [0.1, 0.15) is 11.1 Å². The summed E-state index contributed by atoms with van der Waals surface area (Å²) >= 11 is 5.39. The first-order valence-corrected chi connectivity index (χ1v) is 7.86. The van der Waals surface area contributed by atoms with Crippen molar-refractivity contribution in [1.82, 2.24) is 0 Å². The van der Waals surface area contributed by atoms with Crippen molar-refractivity contribution >= 4 is 43.0 Å². The molecule has 1 nitrogen and oxygen atoms in total. The normalized spacial score (nSPS) is 10.8. The van der Waals surface area contributed by atoms with Crippen LogP contribution in [0.25, 0.3) is 10.1 Å². The van der Waals surface area contributed by atoms with Crippen LogP contribution in [0.4, 0.5) is 5.69 Å². The zero-order chi connectivity index (χ0) is 13.2. The average Bonchev–Trinajstić information content (AvgIpc) is 2.83. The maximum atomic E-state index is 3.58. The average molecular weight is 332 g/mol. The molecule has 0 atom stereocenters. The van der Waals surface area contributed by atoms with E-state index in [9.17, 15) is 0 Å². The summed E-state index contributed by atoms with van der Waals surface area (Å²) in [6.07, 6.45) is 0. The van der Waals surface area contributed by atoms with Gasteiger partial charge in [0.1, 0.15) is 0 Å². The first-order chi connectivity index (χ1) is 9.24. The lowest BCUT2D eigenvalue weighted by molar-refractivity contribution is 1.17. The van der Waals surface area contributed by atoms with E-state index in [1.807, 2.05) is 0 Å². The summed E-state index contributed by atoms with van der Waals surface area (Å²) in [6, 6.07) is 14.9. The van der Waals surface area contributed by atoms with E-state index in [4.69, 9.17) is 0 Å². The molecule has 1 heterocycles. The minimum Gasteiger partial charge on any atom is -0.380 e. The Kier molecular flexibility index (Phi) is 3.58. The largest absolute Gasteiger partial charge is 0.380 e. The predicted octanol–water partition coefficient (Wildman–Crippen LogP) is 5.58. The van der Waals surface area contributed by atoms with Crippen LogP contribution in [-0.4, -0.2) is 0 Å². The van der Waals surface area contributed by atoms with Crippen molar-refractivity contribution in [3.63, 3.8) is 0 Å². The second kappa shape index (κ2) is 5.35. The predicted molar refractivity (Wildman–Crippen MR) is 88.0 cm³/mol. The lowest BCUT2D eigenvalue weighted by Crippen LogP contribution is -1.99. The van der Waals surface area contributed by atoms with Gasteiger partial charge in [-0.3, -0.25) is 0 Å². The Bertz CT molecular complexity index is 718. The van der Waals surface area contributed by atoms with Gasteiger partial charge in [0.05, 0.1) is 0 Å². The van der Waals surface area contributed by atoms with E-state index in [-0.39, 0.29) is 0 Å². The summed E-state index contributed by atoms with van der Waals surface area (Å²) in [5, 5.41) is 7.10. The number of nitrogens with one attached hydrogen (secondary N) is 1. The highest BCUT2D eigenvalue weighted by Crippen LogP contribution is 2.28. The number of rotatable bonds is 3. The monoisotopic (exact) mass is 331 g/mol. The van der Waals surface area contributed by atoms with Gasteiger partial charge < -0.3 is 5.32 Å². The zero-order valence-electron chi connectivity index (χ0n) is 10.6. The van der Waals surface area contributed by atoms with Gasteiger partial charge in [0.25, 0.3) is 0 Å². The minimum atomic E-state index is 0.853. The fourth-order valence-electron chi connectivity index (χ4n) is 2.13. The molecule has 96 valence electrons. The van der Waals surface area contributed by atoms with Crippen LogP contribution in [0.2, 0.25) is 0 Å². The van der Waals surface area contributed by atoms with Crippen LogP contribution < -0.4 is 5.32 Å². The summed E-state index contributed by atoms with van der Waals surface area (Å²) < 4.78 is 2.46. The number of thiophene rings is 1. The molecule has 0 amide bonds. The Morgan fingerprint density at radius 2 is 2.00 bits per heavy atom. The van der Waals surface area contributed by atoms with E-state index in [1.54, 1.807) is 11.3 Å². The van der Waals surface area contributed by atoms with Gasteiger partial charge in [-0.1, -0.05) is 24.3 Å². The summed E-state index contributed by atoms with van der Waals surface area (Å²) in [6.45, 7) is 2.96. The Labute approximate surface area is 125 Å². The van der Waals surface area contributed by atoms with E-state index < -0.39 is 0 Å². The number of anilines is 1. The fraction of sp³-hybridized carbons (Fsp3) is 0.125. The number of hydrogen-bond donors (Lipinski definition) is 1. The lowest BCUT2D eigenvalue weighted by Gasteiger charge is -2.09. The number of hydrogen-bond acceptors (Lipinski definition) is 2. The van der Waals surface area contributed by atoms with E-state index >= 15 is 0 Å². The highest BCUT2D eigenvalue weighted by molar-refractivity contribution is 9.10. The molecule has 0 aliphatic heterocycles. The summed E-state index contributed by atoms with van der Waals surface area (Å²) in [7, 11) is 0. The molecule has 3 aromatic rings. The molecule has 1 N–H and O–H groups in total. The van der Waals surface area contributed by atoms with Crippen LogP contribution in [0, 0.1) is 6.92 Å². The Morgan fingerprint density at radius 1 is 1.16 bits per heavy atom. The fourth-order valence-corrected chi connectivity index (χ4v) is 3.48. The minimum absolute atomic E-state index is 0.853. The molecule has 0 aliphatic carbocycles. The van der Waals surface area contributed by atoms with Gasteiger partial charge in [-0.15, -0.1) is 11.3 Å². The second-order valence-corrected chi connectivity index (χ2v) is 6.36. The van der Waals surface area contributed by atoms with Crippen LogP contribution in [0.3, 0.4) is 0 Å². The molecule has 2 aromatic carbocycles. The van der Waals surface area contributed by atoms with E-state index in [0.29, 0.717) is 0 Å². The summed E-state index contributed by atoms with van der Waals surface area (Å²) in [5.74, 6) is 0. The first-order valence-electron chi connectivity index (χ1n) is 6.19. The van der Waals surface area contributed by atoms with Gasteiger partial charge in [-0.25, -0.2) is 0 Å². The van der Waals surface area contributed by atoms with Gasteiger partial charge in [0, 0.05) is 21.4 Å². The molecule has 0 saturated heterocycles. The van der Waals surface area contributed by atoms with Crippen molar-refractivity contribution in [2.75, 3.05) is 5.32 Å². The molecule has 3 rings (SSSR count). The van der Waals surface area contributed by atoms with E-state index in [2.05, 4.69) is 76.0 Å². The Morgan fingerprint density at radius 3 is 2.89 bits per heavy atom. The van der Waals surface area contributed by atoms with Crippen molar-refractivity contribution in [2.45, 2.75) is 13.5 Å². The molecule has 0 radical (unpaired) electrons. The van der Waals surface area contributed by atoms with Crippen LogP contribution in [0.5, 0.6) is 0 Å². The maximum absolute atomic E-state index is 3.58. The van der Waals surface area contributed by atoms with Gasteiger partial charge >= 0.3 is 0 Å². The lowest BCUT2D eigenvalue weighted by atomic mass is 10.1. The third-order valence-electron chi connectivity index (χ3n) is 3.15.